The Morgan fingerprint density at radius 1 is 1.33 bits per heavy atom. The molecular formula is C18H30BNO3S. The van der Waals surface area contributed by atoms with Crippen LogP contribution in [-0.2, 0) is 16.3 Å². The average Bonchev–Trinajstić information content (AvgIpc) is 2.50. The first-order chi connectivity index (χ1) is 11.1. The van der Waals surface area contributed by atoms with Crippen LogP contribution >= 0.6 is 0 Å². The van der Waals surface area contributed by atoms with Crippen LogP contribution in [0.5, 0.6) is 0 Å². The van der Waals surface area contributed by atoms with E-state index in [1.165, 1.54) is 4.22 Å². The highest BCUT2D eigenvalue weighted by Crippen LogP contribution is 2.24. The van der Waals surface area contributed by atoms with Crippen LogP contribution in [0, 0.1) is 0 Å². The molecule has 0 bridgehead atoms. The topological polar surface area (TPSA) is 57.6 Å². The van der Waals surface area contributed by atoms with Gasteiger partial charge in [0.1, 0.15) is 0 Å². The number of sulfonamides is 1. The maximum Gasteiger partial charge on any atom is 0.242 e. The smallest absolute Gasteiger partial charge is 0.242 e. The number of hydrogen-bond donors (Lipinski definition) is 1. The molecular weight excluding hydrogens is 321 g/mol. The number of aliphatic hydroxyl groups is 1. The van der Waals surface area contributed by atoms with Gasteiger partial charge in [-0.2, -0.15) is 0 Å². The molecule has 0 saturated carbocycles. The lowest BCUT2D eigenvalue weighted by molar-refractivity contribution is 0.0689. The van der Waals surface area contributed by atoms with Crippen LogP contribution in [0.2, 0.25) is 6.82 Å². The molecule has 1 atom stereocenters. The van der Waals surface area contributed by atoms with Crippen molar-refractivity contribution in [3.05, 3.63) is 48.6 Å². The predicted octanol–water partition coefficient (Wildman–Crippen LogP) is 3.15. The van der Waals surface area contributed by atoms with E-state index >= 15 is 0 Å². The molecule has 0 radical (unpaired) electrons. The lowest BCUT2D eigenvalue weighted by atomic mass is 9.60. The summed E-state index contributed by atoms with van der Waals surface area (Å²) in [6.45, 7) is 8.74. The van der Waals surface area contributed by atoms with Gasteiger partial charge in [0, 0.05) is 0 Å². The Hall–Kier alpha value is -1.11. The van der Waals surface area contributed by atoms with E-state index in [2.05, 4.69) is 6.58 Å². The predicted molar refractivity (Wildman–Crippen MR) is 103 cm³/mol. The third-order valence-electron chi connectivity index (χ3n) is 4.24. The number of nitrogens with zero attached hydrogens (tertiary/aromatic N) is 1. The number of benzene rings is 1. The fourth-order valence-corrected chi connectivity index (χ4v) is 4.89. The van der Waals surface area contributed by atoms with Crippen LogP contribution in [0.4, 0.5) is 0 Å². The highest BCUT2D eigenvalue weighted by molar-refractivity contribution is 7.90. The summed E-state index contributed by atoms with van der Waals surface area (Å²) in [5.74, 6) is 0. The van der Waals surface area contributed by atoms with Crippen molar-refractivity contribution in [2.45, 2.75) is 57.1 Å². The number of hydrogen-bond acceptors (Lipinski definition) is 3. The Morgan fingerprint density at radius 2 is 1.92 bits per heavy atom. The van der Waals surface area contributed by atoms with Crippen LogP contribution < -0.4 is 0 Å². The summed E-state index contributed by atoms with van der Waals surface area (Å²) in [7, 11) is -1.87. The molecule has 0 heterocycles. The summed E-state index contributed by atoms with van der Waals surface area (Å²) in [4.78, 5) is 0. The zero-order valence-corrected chi connectivity index (χ0v) is 16.1. The van der Waals surface area contributed by atoms with Gasteiger partial charge in [-0.05, 0) is 46.5 Å². The fourth-order valence-electron chi connectivity index (χ4n) is 2.79. The lowest BCUT2D eigenvalue weighted by Crippen LogP contribution is -2.46. The lowest BCUT2D eigenvalue weighted by Gasteiger charge is -2.31. The van der Waals surface area contributed by atoms with Gasteiger partial charge in [0.2, 0.25) is 16.9 Å². The summed E-state index contributed by atoms with van der Waals surface area (Å²) in [6.07, 6.45) is 3.68. The third-order valence-corrected chi connectivity index (χ3v) is 6.64. The van der Waals surface area contributed by atoms with E-state index in [-0.39, 0.29) is 13.3 Å². The normalized spacial score (nSPS) is 13.8. The van der Waals surface area contributed by atoms with Crippen molar-refractivity contribution in [3.63, 3.8) is 0 Å². The van der Waals surface area contributed by atoms with Crippen LogP contribution in [0.15, 0.2) is 43.0 Å². The van der Waals surface area contributed by atoms with Gasteiger partial charge in [0.25, 0.3) is 0 Å². The minimum absolute atomic E-state index is 0.148. The van der Waals surface area contributed by atoms with Crippen molar-refractivity contribution in [1.82, 2.24) is 4.22 Å². The standard InChI is InChI=1S/C18H30BNO3S/c1-6-7-13-17(14-18(2,3)21)24(22,23)20(5)19(4)15-16-11-9-8-10-12-16/h6,8-12,17,21H,1,7,13-15H2,2-5H3. The van der Waals surface area contributed by atoms with E-state index in [9.17, 15) is 13.5 Å². The van der Waals surface area contributed by atoms with Gasteiger partial charge >= 0.3 is 0 Å². The largest absolute Gasteiger partial charge is 0.390 e. The Morgan fingerprint density at radius 3 is 2.42 bits per heavy atom. The van der Waals surface area contributed by atoms with E-state index in [0.29, 0.717) is 19.2 Å². The zero-order chi connectivity index (χ0) is 18.4. The quantitative estimate of drug-likeness (QED) is 0.520. The van der Waals surface area contributed by atoms with E-state index in [1.54, 1.807) is 27.0 Å². The van der Waals surface area contributed by atoms with Crippen molar-refractivity contribution in [2.75, 3.05) is 7.05 Å². The summed E-state index contributed by atoms with van der Waals surface area (Å²) >= 11 is 0. The Balaban J connectivity index is 2.92. The van der Waals surface area contributed by atoms with E-state index < -0.39 is 20.9 Å². The van der Waals surface area contributed by atoms with Crippen molar-refractivity contribution >= 4 is 16.9 Å². The summed E-state index contributed by atoms with van der Waals surface area (Å²) in [5, 5.41) is 9.49. The summed E-state index contributed by atoms with van der Waals surface area (Å²) in [6, 6.07) is 9.87. The highest BCUT2D eigenvalue weighted by Gasteiger charge is 2.36. The Kier molecular flexibility index (Phi) is 7.71. The van der Waals surface area contributed by atoms with Crippen molar-refractivity contribution in [1.29, 1.82) is 0 Å². The zero-order valence-electron chi connectivity index (χ0n) is 15.3. The van der Waals surface area contributed by atoms with E-state index in [0.717, 1.165) is 5.56 Å². The number of allylic oxidation sites excluding steroid dienone is 1. The van der Waals surface area contributed by atoms with Crippen LogP contribution in [0.25, 0.3) is 0 Å². The minimum Gasteiger partial charge on any atom is -0.390 e. The first-order valence-corrected chi connectivity index (χ1v) is 9.92. The molecule has 0 aliphatic rings. The molecule has 1 N–H and O–H groups in total. The van der Waals surface area contributed by atoms with E-state index in [1.807, 2.05) is 37.2 Å². The molecule has 0 fully saturated rings. The Labute approximate surface area is 147 Å². The molecule has 1 unspecified atom stereocenters. The molecule has 0 aliphatic heterocycles. The maximum absolute atomic E-state index is 13.0. The monoisotopic (exact) mass is 351 g/mol. The second-order valence-corrected chi connectivity index (χ2v) is 9.38. The van der Waals surface area contributed by atoms with Crippen LogP contribution in [-0.4, -0.2) is 42.5 Å². The molecule has 1 rings (SSSR count). The SMILES string of the molecule is C=CCCC(CC(C)(C)O)S(=O)(=O)N(C)B(C)Cc1ccccc1. The van der Waals surface area contributed by atoms with Crippen LogP contribution in [0.3, 0.4) is 0 Å². The molecule has 1 aromatic rings. The second kappa shape index (κ2) is 8.83. The van der Waals surface area contributed by atoms with Crippen LogP contribution in [0.1, 0.15) is 38.7 Å². The first kappa shape index (κ1) is 20.9. The first-order valence-electron chi connectivity index (χ1n) is 8.42. The molecule has 134 valence electrons. The van der Waals surface area contributed by atoms with E-state index in [4.69, 9.17) is 0 Å². The van der Waals surface area contributed by atoms with Crippen molar-refractivity contribution in [2.24, 2.45) is 0 Å². The molecule has 1 aromatic carbocycles. The molecule has 6 heteroatoms. The molecule has 0 spiro atoms. The summed E-state index contributed by atoms with van der Waals surface area (Å²) < 4.78 is 27.5. The van der Waals surface area contributed by atoms with Gasteiger partial charge in [0.15, 0.2) is 0 Å². The summed E-state index contributed by atoms with van der Waals surface area (Å²) in [5.41, 5.74) is 0.0831. The third kappa shape index (κ3) is 6.42. The second-order valence-electron chi connectivity index (χ2n) is 7.10. The number of rotatable bonds is 10. The minimum atomic E-state index is -3.50. The maximum atomic E-state index is 13.0. The molecule has 0 saturated heterocycles. The molecule has 0 aliphatic carbocycles. The van der Waals surface area contributed by atoms with Gasteiger partial charge in [-0.25, -0.2) is 12.6 Å². The van der Waals surface area contributed by atoms with Crippen molar-refractivity contribution < 1.29 is 13.5 Å². The van der Waals surface area contributed by atoms with Crippen molar-refractivity contribution in [3.8, 4) is 0 Å². The van der Waals surface area contributed by atoms with Gasteiger partial charge in [-0.1, -0.05) is 48.8 Å². The fraction of sp³-hybridized carbons (Fsp3) is 0.556. The molecule has 0 amide bonds. The molecule has 24 heavy (non-hydrogen) atoms. The van der Waals surface area contributed by atoms with Gasteiger partial charge in [0.05, 0.1) is 10.9 Å². The van der Waals surface area contributed by atoms with Gasteiger partial charge in [-0.3, -0.25) is 0 Å². The average molecular weight is 351 g/mol. The highest BCUT2D eigenvalue weighted by atomic mass is 32.2. The van der Waals surface area contributed by atoms with Gasteiger partial charge in [-0.15, -0.1) is 6.58 Å². The Bertz CT molecular complexity index is 611. The molecule has 0 aromatic heterocycles. The molecule has 4 nitrogen and oxygen atoms in total. The van der Waals surface area contributed by atoms with Gasteiger partial charge < -0.3 is 5.11 Å².